The number of para-hydroxylation sites is 1. The number of benzene rings is 2. The van der Waals surface area contributed by atoms with Gasteiger partial charge in [-0.3, -0.25) is 9.69 Å². The highest BCUT2D eigenvalue weighted by atomic mass is 16.6. The lowest BCUT2D eigenvalue weighted by Gasteiger charge is -2.19. The summed E-state index contributed by atoms with van der Waals surface area (Å²) >= 11 is 0. The minimum Gasteiger partial charge on any atom is -0.497 e. The van der Waals surface area contributed by atoms with E-state index in [1.807, 2.05) is 42.5 Å². The van der Waals surface area contributed by atoms with Gasteiger partial charge in [-0.25, -0.2) is 9.78 Å². The molecule has 0 radical (unpaired) electrons. The summed E-state index contributed by atoms with van der Waals surface area (Å²) in [6.07, 6.45) is 2.85. The Labute approximate surface area is 202 Å². The van der Waals surface area contributed by atoms with Crippen LogP contribution in [0.25, 0.3) is 33.1 Å². The molecule has 4 aromatic rings. The molecule has 8 heteroatoms. The topological polar surface area (TPSA) is 93.8 Å². The first kappa shape index (κ1) is 22.5. The lowest BCUT2D eigenvalue weighted by atomic mass is 10.1. The van der Waals surface area contributed by atoms with Crippen molar-refractivity contribution in [1.82, 2.24) is 9.97 Å². The number of ether oxygens (including phenoxy) is 3. The van der Waals surface area contributed by atoms with Gasteiger partial charge in [0.05, 0.1) is 25.4 Å². The summed E-state index contributed by atoms with van der Waals surface area (Å²) in [6.45, 7) is 0. The number of ketones is 1. The molecular weight excluding hydrogens is 446 g/mol. The summed E-state index contributed by atoms with van der Waals surface area (Å²) in [5.74, 6) is 1.55. The summed E-state index contributed by atoms with van der Waals surface area (Å²) in [7, 11) is 4.76. The number of aromatic amines is 1. The molecule has 0 spiro atoms. The monoisotopic (exact) mass is 471 g/mol. The lowest BCUT2D eigenvalue weighted by Crippen LogP contribution is -2.29. The molecule has 1 amide bonds. The molecule has 35 heavy (non-hydrogen) atoms. The highest BCUT2D eigenvalue weighted by Crippen LogP contribution is 2.37. The third-order valence-corrected chi connectivity index (χ3v) is 6.14. The summed E-state index contributed by atoms with van der Waals surface area (Å²) in [5, 5.41) is 1.89. The molecule has 1 aliphatic rings. The highest BCUT2D eigenvalue weighted by molar-refractivity contribution is 6.12. The van der Waals surface area contributed by atoms with Gasteiger partial charge in [0, 0.05) is 41.4 Å². The third kappa shape index (κ3) is 4.19. The van der Waals surface area contributed by atoms with Crippen LogP contribution >= 0.6 is 0 Å². The van der Waals surface area contributed by atoms with Crippen molar-refractivity contribution in [2.24, 2.45) is 0 Å². The Morgan fingerprint density at radius 2 is 1.77 bits per heavy atom. The number of amides is 1. The standard InChI is InChI=1S/C27H25N3O5/c1-30(27(32)35-23-11-7-6-10-22(23)31)24-15-20-19-8-4-5-9-21(19)28-26(20)25(29-24)16-12-17(33-2)14-18(13-16)34-3/h4-5,8-9,11-15,28H,6-7,10H2,1-3H3. The first-order valence-electron chi connectivity index (χ1n) is 11.3. The summed E-state index contributed by atoms with van der Waals surface area (Å²) in [5.41, 5.74) is 3.14. The molecule has 0 saturated carbocycles. The number of fused-ring (bicyclic) bond motifs is 3. The molecule has 2 aromatic heterocycles. The predicted octanol–water partition coefficient (Wildman–Crippen LogP) is 5.61. The Morgan fingerprint density at radius 1 is 1.03 bits per heavy atom. The van der Waals surface area contributed by atoms with Gasteiger partial charge >= 0.3 is 6.09 Å². The molecule has 0 saturated heterocycles. The number of anilines is 1. The van der Waals surface area contributed by atoms with Crippen LogP contribution in [-0.2, 0) is 9.53 Å². The number of nitrogens with zero attached hydrogens (tertiary/aromatic N) is 2. The highest BCUT2D eigenvalue weighted by Gasteiger charge is 2.24. The molecule has 1 N–H and O–H groups in total. The first-order valence-corrected chi connectivity index (χ1v) is 11.3. The van der Waals surface area contributed by atoms with Gasteiger partial charge in [-0.15, -0.1) is 0 Å². The number of hydrogen-bond donors (Lipinski definition) is 1. The van der Waals surface area contributed by atoms with Gasteiger partial charge in [-0.1, -0.05) is 18.2 Å². The maximum Gasteiger partial charge on any atom is 0.420 e. The van der Waals surface area contributed by atoms with Gasteiger partial charge < -0.3 is 19.2 Å². The number of H-pyrrole nitrogens is 1. The SMILES string of the molecule is COc1cc(OC)cc(-c2nc(N(C)C(=O)OC3=CCCCC3=O)cc3c2[nH]c2ccccc23)c1. The zero-order valence-corrected chi connectivity index (χ0v) is 19.8. The van der Waals surface area contributed by atoms with E-state index in [-0.39, 0.29) is 11.5 Å². The van der Waals surface area contributed by atoms with Crippen molar-refractivity contribution < 1.29 is 23.8 Å². The van der Waals surface area contributed by atoms with Crippen LogP contribution < -0.4 is 14.4 Å². The van der Waals surface area contributed by atoms with Crippen LogP contribution in [0.4, 0.5) is 10.6 Å². The van der Waals surface area contributed by atoms with Crippen LogP contribution in [0, 0.1) is 0 Å². The molecule has 0 unspecified atom stereocenters. The average molecular weight is 472 g/mol. The number of carbonyl (C=O) groups is 2. The number of methoxy groups -OCH3 is 2. The molecule has 5 rings (SSSR count). The average Bonchev–Trinajstić information content (AvgIpc) is 3.27. The van der Waals surface area contributed by atoms with E-state index in [0.29, 0.717) is 35.9 Å². The van der Waals surface area contributed by atoms with E-state index in [1.165, 1.54) is 4.90 Å². The molecule has 8 nitrogen and oxygen atoms in total. The van der Waals surface area contributed by atoms with Gasteiger partial charge in [0.15, 0.2) is 11.5 Å². The van der Waals surface area contributed by atoms with Gasteiger partial charge in [0.1, 0.15) is 17.3 Å². The van der Waals surface area contributed by atoms with Crippen molar-refractivity contribution in [2.75, 3.05) is 26.2 Å². The van der Waals surface area contributed by atoms with Crippen molar-refractivity contribution in [1.29, 1.82) is 0 Å². The molecule has 2 heterocycles. The predicted molar refractivity (Wildman–Crippen MR) is 134 cm³/mol. The second-order valence-corrected chi connectivity index (χ2v) is 8.33. The molecule has 0 bridgehead atoms. The number of aromatic nitrogens is 2. The van der Waals surface area contributed by atoms with Crippen LogP contribution in [0.2, 0.25) is 0 Å². The van der Waals surface area contributed by atoms with Crippen LogP contribution in [0.15, 0.2) is 60.4 Å². The van der Waals surface area contributed by atoms with E-state index in [4.69, 9.17) is 19.2 Å². The van der Waals surface area contributed by atoms with Crippen LogP contribution in [-0.4, -0.2) is 43.1 Å². The maximum absolute atomic E-state index is 13.0. The molecule has 0 fully saturated rings. The largest absolute Gasteiger partial charge is 0.497 e. The van der Waals surface area contributed by atoms with Crippen LogP contribution in [0.1, 0.15) is 19.3 Å². The Bertz CT molecular complexity index is 1460. The zero-order valence-electron chi connectivity index (χ0n) is 19.8. The Balaban J connectivity index is 1.65. The summed E-state index contributed by atoms with van der Waals surface area (Å²) in [4.78, 5) is 34.7. The Kier molecular flexibility index (Phi) is 5.86. The number of Topliss-reactive ketones (excluding diaryl/α,β-unsaturated/α-hetero) is 1. The number of allylic oxidation sites excluding steroid dienone is 2. The zero-order chi connectivity index (χ0) is 24.5. The van der Waals surface area contributed by atoms with Crippen molar-refractivity contribution >= 4 is 39.5 Å². The quantitative estimate of drug-likeness (QED) is 0.407. The maximum atomic E-state index is 13.0. The Morgan fingerprint density at radius 3 is 2.49 bits per heavy atom. The van der Waals surface area contributed by atoms with Gasteiger partial charge in [0.25, 0.3) is 0 Å². The minimum absolute atomic E-state index is 0.0963. The van der Waals surface area contributed by atoms with Crippen molar-refractivity contribution in [3.8, 4) is 22.8 Å². The van der Waals surface area contributed by atoms with E-state index in [2.05, 4.69) is 4.98 Å². The van der Waals surface area contributed by atoms with Gasteiger partial charge in [-0.05, 0) is 43.2 Å². The van der Waals surface area contributed by atoms with Gasteiger partial charge in [0.2, 0.25) is 0 Å². The molecule has 0 aliphatic heterocycles. The van der Waals surface area contributed by atoms with Crippen molar-refractivity contribution in [3.63, 3.8) is 0 Å². The fourth-order valence-corrected chi connectivity index (χ4v) is 4.24. The van der Waals surface area contributed by atoms with E-state index in [0.717, 1.165) is 33.8 Å². The minimum atomic E-state index is -0.674. The second-order valence-electron chi connectivity index (χ2n) is 8.33. The molecular formula is C27H25N3O5. The van der Waals surface area contributed by atoms with Crippen molar-refractivity contribution in [2.45, 2.75) is 19.3 Å². The van der Waals surface area contributed by atoms with Crippen LogP contribution in [0.3, 0.4) is 0 Å². The van der Waals surface area contributed by atoms with E-state index in [1.54, 1.807) is 33.4 Å². The number of hydrogen-bond acceptors (Lipinski definition) is 6. The number of pyridine rings is 1. The van der Waals surface area contributed by atoms with Crippen molar-refractivity contribution in [3.05, 3.63) is 60.4 Å². The number of nitrogens with one attached hydrogen (secondary N) is 1. The Hall–Kier alpha value is -4.33. The lowest BCUT2D eigenvalue weighted by molar-refractivity contribution is -0.118. The molecule has 1 aliphatic carbocycles. The summed E-state index contributed by atoms with van der Waals surface area (Å²) < 4.78 is 16.3. The molecule has 178 valence electrons. The van der Waals surface area contributed by atoms with E-state index >= 15 is 0 Å². The third-order valence-electron chi connectivity index (χ3n) is 6.14. The second kappa shape index (κ2) is 9.13. The molecule has 2 aromatic carbocycles. The van der Waals surface area contributed by atoms with Gasteiger partial charge in [-0.2, -0.15) is 0 Å². The number of carbonyl (C=O) groups excluding carboxylic acids is 2. The first-order chi connectivity index (χ1) is 17.0. The fourth-order valence-electron chi connectivity index (χ4n) is 4.24. The number of rotatable bonds is 5. The molecule has 0 atom stereocenters. The van der Waals surface area contributed by atoms with Crippen LogP contribution in [0.5, 0.6) is 11.5 Å². The van der Waals surface area contributed by atoms with E-state index in [9.17, 15) is 9.59 Å². The fraction of sp³-hybridized carbons (Fsp3) is 0.222. The normalized spacial score (nSPS) is 13.6. The summed E-state index contributed by atoms with van der Waals surface area (Å²) in [6, 6.07) is 15.3. The smallest absolute Gasteiger partial charge is 0.420 e. The van der Waals surface area contributed by atoms with E-state index < -0.39 is 6.09 Å².